The third-order valence-electron chi connectivity index (χ3n) is 5.08. The van der Waals surface area contributed by atoms with Crippen LogP contribution in [-0.4, -0.2) is 43.8 Å². The van der Waals surface area contributed by atoms with Gasteiger partial charge in [-0.25, -0.2) is 8.42 Å². The number of nitrogens with one attached hydrogen (secondary N) is 1. The van der Waals surface area contributed by atoms with Gasteiger partial charge in [0.05, 0.1) is 9.82 Å². The van der Waals surface area contributed by atoms with Crippen LogP contribution in [0.3, 0.4) is 0 Å². The Bertz CT molecular complexity index is 726. The Balaban J connectivity index is 1.88. The lowest BCUT2D eigenvalue weighted by molar-refractivity contribution is -0.385. The molecule has 0 unspecified atom stereocenters. The van der Waals surface area contributed by atoms with Crippen LogP contribution in [0.1, 0.15) is 24.8 Å². The van der Waals surface area contributed by atoms with Crippen molar-refractivity contribution in [2.45, 2.75) is 31.1 Å². The molecule has 0 amide bonds. The Kier molecular flexibility index (Phi) is 4.16. The summed E-state index contributed by atoms with van der Waals surface area (Å²) in [6, 6.07) is 4.14. The van der Waals surface area contributed by atoms with Crippen molar-refractivity contribution in [2.24, 2.45) is 5.41 Å². The fourth-order valence-electron chi connectivity index (χ4n) is 3.56. The second-order valence-corrected chi connectivity index (χ2v) is 8.48. The van der Waals surface area contributed by atoms with Crippen LogP contribution < -0.4 is 5.32 Å². The van der Waals surface area contributed by atoms with Crippen molar-refractivity contribution in [3.8, 4) is 0 Å². The van der Waals surface area contributed by atoms with Crippen LogP contribution in [-0.2, 0) is 10.0 Å². The van der Waals surface area contributed by atoms with Crippen LogP contribution in [0.4, 0.5) is 5.69 Å². The van der Waals surface area contributed by atoms with Crippen LogP contribution in [0.25, 0.3) is 0 Å². The van der Waals surface area contributed by atoms with E-state index in [0.29, 0.717) is 18.7 Å². The summed E-state index contributed by atoms with van der Waals surface area (Å²) in [5.74, 6) is 0. The van der Waals surface area contributed by atoms with Gasteiger partial charge in [-0.15, -0.1) is 0 Å². The number of benzene rings is 1. The molecule has 2 aliphatic heterocycles. The van der Waals surface area contributed by atoms with E-state index in [1.54, 1.807) is 6.92 Å². The van der Waals surface area contributed by atoms with Crippen molar-refractivity contribution in [1.29, 1.82) is 0 Å². The van der Waals surface area contributed by atoms with Crippen molar-refractivity contribution in [2.75, 3.05) is 26.2 Å². The molecule has 1 spiro atoms. The highest BCUT2D eigenvalue weighted by atomic mass is 32.2. The molecule has 126 valence electrons. The fourth-order valence-corrected chi connectivity index (χ4v) is 5.13. The van der Waals surface area contributed by atoms with E-state index in [2.05, 4.69) is 5.32 Å². The molecule has 0 bridgehead atoms. The average molecular weight is 339 g/mol. The van der Waals surface area contributed by atoms with Crippen LogP contribution in [0.15, 0.2) is 23.1 Å². The van der Waals surface area contributed by atoms with E-state index in [1.807, 2.05) is 0 Å². The number of rotatable bonds is 3. The zero-order chi connectivity index (χ0) is 16.7. The standard InChI is InChI=1S/C15H21N3O4S/c1-12-2-3-13(10-14(12)18(19)20)23(21,22)17-9-6-15(11-17)4-7-16-8-5-15/h2-3,10,16H,4-9,11H2,1H3. The molecular weight excluding hydrogens is 318 g/mol. The van der Waals surface area contributed by atoms with Crippen molar-refractivity contribution >= 4 is 15.7 Å². The molecule has 0 atom stereocenters. The first kappa shape index (κ1) is 16.4. The van der Waals surface area contributed by atoms with Crippen LogP contribution >= 0.6 is 0 Å². The quantitative estimate of drug-likeness (QED) is 0.668. The van der Waals surface area contributed by atoms with Crippen LogP contribution in [0, 0.1) is 22.5 Å². The van der Waals surface area contributed by atoms with Crippen molar-refractivity contribution in [3.63, 3.8) is 0 Å². The van der Waals surface area contributed by atoms with E-state index in [0.717, 1.165) is 32.4 Å². The Morgan fingerprint density at radius 2 is 1.96 bits per heavy atom. The first-order chi connectivity index (χ1) is 10.8. The summed E-state index contributed by atoms with van der Waals surface area (Å²) >= 11 is 0. The molecule has 1 aromatic carbocycles. The Morgan fingerprint density at radius 1 is 1.26 bits per heavy atom. The SMILES string of the molecule is Cc1ccc(S(=O)(=O)N2CCC3(CCNCC3)C2)cc1[N+](=O)[O-]. The first-order valence-corrected chi connectivity index (χ1v) is 9.24. The number of aryl methyl sites for hydroxylation is 1. The van der Waals surface area contributed by atoms with Crippen molar-refractivity contribution in [3.05, 3.63) is 33.9 Å². The molecule has 0 aromatic heterocycles. The van der Waals surface area contributed by atoms with Gasteiger partial charge >= 0.3 is 0 Å². The topological polar surface area (TPSA) is 92.6 Å². The number of sulfonamides is 1. The second-order valence-electron chi connectivity index (χ2n) is 6.54. The third kappa shape index (κ3) is 2.98. The molecule has 7 nitrogen and oxygen atoms in total. The number of nitro groups is 1. The van der Waals surface area contributed by atoms with E-state index in [4.69, 9.17) is 0 Å². The molecule has 23 heavy (non-hydrogen) atoms. The summed E-state index contributed by atoms with van der Waals surface area (Å²) in [5.41, 5.74) is 0.377. The van der Waals surface area contributed by atoms with Gasteiger partial charge in [-0.2, -0.15) is 4.31 Å². The van der Waals surface area contributed by atoms with Gasteiger partial charge in [0.25, 0.3) is 5.69 Å². The molecule has 1 aromatic rings. The molecule has 2 saturated heterocycles. The van der Waals surface area contributed by atoms with Gasteiger partial charge < -0.3 is 5.32 Å². The predicted octanol–water partition coefficient (Wildman–Crippen LogP) is 1.67. The summed E-state index contributed by atoms with van der Waals surface area (Å²) < 4.78 is 27.2. The molecule has 2 aliphatic rings. The number of nitro benzene ring substituents is 1. The van der Waals surface area contributed by atoms with E-state index in [1.165, 1.54) is 22.5 Å². The Labute approximate surface area is 135 Å². The second kappa shape index (κ2) is 5.85. The zero-order valence-corrected chi connectivity index (χ0v) is 13.9. The molecule has 1 N–H and O–H groups in total. The smallest absolute Gasteiger partial charge is 0.273 e. The number of piperidine rings is 1. The van der Waals surface area contributed by atoms with E-state index < -0.39 is 14.9 Å². The van der Waals surface area contributed by atoms with Gasteiger partial charge in [0, 0.05) is 24.7 Å². The van der Waals surface area contributed by atoms with Crippen molar-refractivity contribution in [1.82, 2.24) is 9.62 Å². The summed E-state index contributed by atoms with van der Waals surface area (Å²) in [5, 5.41) is 14.4. The van der Waals surface area contributed by atoms with E-state index in [-0.39, 0.29) is 16.0 Å². The minimum atomic E-state index is -3.68. The number of hydrogen-bond donors (Lipinski definition) is 1. The lowest BCUT2D eigenvalue weighted by Gasteiger charge is -2.33. The molecule has 2 heterocycles. The van der Waals surface area contributed by atoms with Crippen LogP contribution in [0.5, 0.6) is 0 Å². The molecule has 3 rings (SSSR count). The monoisotopic (exact) mass is 339 g/mol. The summed E-state index contributed by atoms with van der Waals surface area (Å²) in [4.78, 5) is 10.5. The minimum absolute atomic E-state index is 0.0146. The molecule has 0 aliphatic carbocycles. The molecular formula is C15H21N3O4S. The maximum Gasteiger partial charge on any atom is 0.273 e. The van der Waals surface area contributed by atoms with Gasteiger partial charge in [0.1, 0.15) is 0 Å². The average Bonchev–Trinajstić information content (AvgIpc) is 2.92. The summed E-state index contributed by atoms with van der Waals surface area (Å²) in [7, 11) is -3.68. The lowest BCUT2D eigenvalue weighted by Crippen LogP contribution is -2.39. The maximum atomic E-state index is 12.8. The highest BCUT2D eigenvalue weighted by Crippen LogP contribution is 2.40. The third-order valence-corrected chi connectivity index (χ3v) is 6.92. The predicted molar refractivity (Wildman–Crippen MR) is 85.7 cm³/mol. The Hall–Kier alpha value is -1.51. The fraction of sp³-hybridized carbons (Fsp3) is 0.600. The Morgan fingerprint density at radius 3 is 2.61 bits per heavy atom. The van der Waals surface area contributed by atoms with Crippen LogP contribution in [0.2, 0.25) is 0 Å². The normalized spacial score (nSPS) is 21.6. The summed E-state index contributed by atoms with van der Waals surface area (Å²) in [6.45, 7) is 4.45. The molecule has 0 saturated carbocycles. The minimum Gasteiger partial charge on any atom is -0.317 e. The van der Waals surface area contributed by atoms with E-state index in [9.17, 15) is 18.5 Å². The highest BCUT2D eigenvalue weighted by Gasteiger charge is 2.43. The lowest BCUT2D eigenvalue weighted by atomic mass is 9.78. The molecule has 8 heteroatoms. The van der Waals surface area contributed by atoms with Gasteiger partial charge in [-0.05, 0) is 50.8 Å². The van der Waals surface area contributed by atoms with Gasteiger partial charge in [0.15, 0.2) is 0 Å². The van der Waals surface area contributed by atoms with Gasteiger partial charge in [-0.3, -0.25) is 10.1 Å². The van der Waals surface area contributed by atoms with Gasteiger partial charge in [0.2, 0.25) is 10.0 Å². The largest absolute Gasteiger partial charge is 0.317 e. The zero-order valence-electron chi connectivity index (χ0n) is 13.1. The molecule has 0 radical (unpaired) electrons. The van der Waals surface area contributed by atoms with E-state index >= 15 is 0 Å². The van der Waals surface area contributed by atoms with Crippen molar-refractivity contribution < 1.29 is 13.3 Å². The first-order valence-electron chi connectivity index (χ1n) is 7.80. The summed E-state index contributed by atoms with van der Waals surface area (Å²) in [6.07, 6.45) is 2.82. The highest BCUT2D eigenvalue weighted by molar-refractivity contribution is 7.89. The number of hydrogen-bond acceptors (Lipinski definition) is 5. The maximum absolute atomic E-state index is 12.8. The molecule has 2 fully saturated rings. The number of nitrogens with zero attached hydrogens (tertiary/aromatic N) is 2. The van der Waals surface area contributed by atoms with Gasteiger partial charge in [-0.1, -0.05) is 6.07 Å².